The third-order valence-electron chi connectivity index (χ3n) is 4.57. The summed E-state index contributed by atoms with van der Waals surface area (Å²) in [6.45, 7) is 2.15. The minimum atomic E-state index is -0.590. The molecule has 11 heteroatoms. The molecule has 3 rings (SSSR count). The summed E-state index contributed by atoms with van der Waals surface area (Å²) in [6.07, 6.45) is 0.348. The number of hydrogen-bond acceptors (Lipinski definition) is 7. The topological polar surface area (TPSA) is 127 Å². The molecule has 2 heterocycles. The first kappa shape index (κ1) is 21.7. The fraction of sp³-hybridized carbons (Fsp3) is 0.421. The van der Waals surface area contributed by atoms with Gasteiger partial charge in [-0.05, 0) is 31.0 Å². The smallest absolute Gasteiger partial charge is 0.332 e. The Morgan fingerprint density at radius 3 is 2.50 bits per heavy atom. The summed E-state index contributed by atoms with van der Waals surface area (Å²) < 4.78 is 22.7. The van der Waals surface area contributed by atoms with Crippen LogP contribution in [0.2, 0.25) is 0 Å². The minimum absolute atomic E-state index is 0.0396. The Bertz CT molecular complexity index is 1120. The molecule has 1 aromatic carbocycles. The lowest BCUT2D eigenvalue weighted by atomic mass is 10.2. The molecule has 0 spiro atoms. The maximum absolute atomic E-state index is 13.3. The second-order valence-corrected chi connectivity index (χ2v) is 6.55. The van der Waals surface area contributed by atoms with Gasteiger partial charge in [0.1, 0.15) is 5.82 Å². The van der Waals surface area contributed by atoms with Crippen molar-refractivity contribution in [1.82, 2.24) is 18.7 Å². The van der Waals surface area contributed by atoms with Crippen molar-refractivity contribution in [3.63, 3.8) is 0 Å². The molecule has 0 fully saturated rings. The molecule has 30 heavy (non-hydrogen) atoms. The van der Waals surface area contributed by atoms with Crippen molar-refractivity contribution in [3.05, 3.63) is 56.5 Å². The first-order valence-corrected chi connectivity index (χ1v) is 9.55. The van der Waals surface area contributed by atoms with E-state index in [-0.39, 0.29) is 55.8 Å². The molecule has 0 aliphatic rings. The van der Waals surface area contributed by atoms with E-state index in [4.69, 9.17) is 10.6 Å². The quantitative estimate of drug-likeness (QED) is 0.354. The fourth-order valence-electron chi connectivity index (χ4n) is 3.23. The number of hydrogen-bond donors (Lipinski definition) is 2. The number of halogens is 1. The average Bonchev–Trinajstić information content (AvgIpc) is 3.08. The normalized spacial score (nSPS) is 11.3. The zero-order valence-electron chi connectivity index (χ0n) is 16.6. The molecule has 162 valence electrons. The van der Waals surface area contributed by atoms with Crippen molar-refractivity contribution in [3.8, 4) is 6.01 Å². The van der Waals surface area contributed by atoms with Gasteiger partial charge >= 0.3 is 5.69 Å². The minimum Gasteiger partial charge on any atom is -0.465 e. The van der Waals surface area contributed by atoms with Crippen LogP contribution < -0.4 is 21.9 Å². The van der Waals surface area contributed by atoms with E-state index in [0.717, 1.165) is 10.1 Å². The van der Waals surface area contributed by atoms with Crippen molar-refractivity contribution in [2.24, 2.45) is 5.90 Å². The van der Waals surface area contributed by atoms with Gasteiger partial charge < -0.3 is 14.7 Å². The van der Waals surface area contributed by atoms with Crippen molar-refractivity contribution in [2.45, 2.75) is 33.0 Å². The van der Waals surface area contributed by atoms with Crippen LogP contribution in [-0.4, -0.2) is 43.6 Å². The molecule has 3 aromatic rings. The molecule has 3 N–H and O–H groups in total. The van der Waals surface area contributed by atoms with Gasteiger partial charge in [-0.15, -0.1) is 0 Å². The van der Waals surface area contributed by atoms with E-state index in [1.54, 1.807) is 23.6 Å². The molecule has 0 bridgehead atoms. The standard InChI is InChI=1S/C19H24FN5O5/c1-2-29-18-22-16-15(25(18)12-13-4-6-14(20)7-5-13)17(27)24(8-3-11-30-21)19(28)23(16)9-10-26/h4-7,26H,2-3,8-12,21H2,1H3. The van der Waals surface area contributed by atoms with Gasteiger partial charge in [0.05, 0.1) is 32.9 Å². The molecule has 0 radical (unpaired) electrons. The summed E-state index contributed by atoms with van der Waals surface area (Å²) in [4.78, 5) is 35.0. The number of aliphatic hydroxyl groups excluding tert-OH is 1. The maximum Gasteiger partial charge on any atom is 0.332 e. The lowest BCUT2D eigenvalue weighted by Crippen LogP contribution is -2.41. The van der Waals surface area contributed by atoms with Crippen LogP contribution in [0.15, 0.2) is 33.9 Å². The van der Waals surface area contributed by atoms with Crippen molar-refractivity contribution in [2.75, 3.05) is 19.8 Å². The van der Waals surface area contributed by atoms with E-state index >= 15 is 0 Å². The van der Waals surface area contributed by atoms with Gasteiger partial charge in [0.15, 0.2) is 11.2 Å². The number of aromatic nitrogens is 4. The monoisotopic (exact) mass is 421 g/mol. The summed E-state index contributed by atoms with van der Waals surface area (Å²) in [6, 6.07) is 5.99. The highest BCUT2D eigenvalue weighted by atomic mass is 19.1. The SMILES string of the molecule is CCOc1nc2c(c(=O)n(CCCON)c(=O)n2CCO)n1Cc1ccc(F)cc1. The molecular formula is C19H24FN5O5. The van der Waals surface area contributed by atoms with Gasteiger partial charge in [0, 0.05) is 6.54 Å². The third kappa shape index (κ3) is 4.27. The molecule has 0 unspecified atom stereocenters. The summed E-state index contributed by atoms with van der Waals surface area (Å²) in [5.74, 6) is 4.66. The number of benzene rings is 1. The second kappa shape index (κ2) is 9.65. The molecule has 2 aromatic heterocycles. The Morgan fingerprint density at radius 2 is 1.87 bits per heavy atom. The van der Waals surface area contributed by atoms with Crippen molar-refractivity contribution in [1.29, 1.82) is 0 Å². The van der Waals surface area contributed by atoms with Crippen LogP contribution >= 0.6 is 0 Å². The lowest BCUT2D eigenvalue weighted by Gasteiger charge is -2.12. The number of aliphatic hydroxyl groups is 1. The highest BCUT2D eigenvalue weighted by Crippen LogP contribution is 2.20. The molecule has 10 nitrogen and oxygen atoms in total. The van der Waals surface area contributed by atoms with Crippen LogP contribution in [0.1, 0.15) is 18.9 Å². The predicted molar refractivity (Wildman–Crippen MR) is 107 cm³/mol. The Hall–Kier alpha value is -3.02. The van der Waals surface area contributed by atoms with Gasteiger partial charge in [-0.3, -0.25) is 18.5 Å². The molecule has 0 atom stereocenters. The number of rotatable bonds is 10. The number of nitrogens with zero attached hydrogens (tertiary/aromatic N) is 4. The number of fused-ring (bicyclic) bond motifs is 1. The van der Waals surface area contributed by atoms with E-state index in [2.05, 4.69) is 9.82 Å². The Kier molecular flexibility index (Phi) is 6.98. The summed E-state index contributed by atoms with van der Waals surface area (Å²) in [5.41, 5.74) is -0.130. The largest absolute Gasteiger partial charge is 0.465 e. The van der Waals surface area contributed by atoms with Crippen LogP contribution in [0.25, 0.3) is 11.2 Å². The third-order valence-corrected chi connectivity index (χ3v) is 4.57. The average molecular weight is 421 g/mol. The second-order valence-electron chi connectivity index (χ2n) is 6.55. The number of ether oxygens (including phenoxy) is 1. The van der Waals surface area contributed by atoms with Crippen LogP contribution in [0.4, 0.5) is 4.39 Å². The molecule has 0 saturated carbocycles. The van der Waals surface area contributed by atoms with E-state index in [1.807, 2.05) is 0 Å². The Balaban J connectivity index is 2.24. The fourth-order valence-corrected chi connectivity index (χ4v) is 3.23. The molecule has 0 saturated heterocycles. The van der Waals surface area contributed by atoms with E-state index < -0.39 is 11.2 Å². The van der Waals surface area contributed by atoms with Crippen LogP contribution in [0.5, 0.6) is 6.01 Å². The summed E-state index contributed by atoms with van der Waals surface area (Å²) >= 11 is 0. The van der Waals surface area contributed by atoms with Crippen LogP contribution in [0.3, 0.4) is 0 Å². The van der Waals surface area contributed by atoms with Gasteiger partial charge in [0.2, 0.25) is 0 Å². The summed E-state index contributed by atoms with van der Waals surface area (Å²) in [7, 11) is 0. The predicted octanol–water partition coefficient (Wildman–Crippen LogP) is 0.219. The van der Waals surface area contributed by atoms with E-state index in [9.17, 15) is 19.1 Å². The summed E-state index contributed by atoms with van der Waals surface area (Å²) in [5, 5.41) is 9.43. The lowest BCUT2D eigenvalue weighted by molar-refractivity contribution is 0.131. The van der Waals surface area contributed by atoms with Crippen LogP contribution in [-0.2, 0) is 24.5 Å². The first-order chi connectivity index (χ1) is 14.5. The number of nitrogens with two attached hydrogens (primary N) is 1. The number of imidazole rings is 1. The van der Waals surface area contributed by atoms with E-state index in [1.165, 1.54) is 16.7 Å². The highest BCUT2D eigenvalue weighted by molar-refractivity contribution is 5.72. The maximum atomic E-state index is 13.3. The molecule has 0 amide bonds. The first-order valence-electron chi connectivity index (χ1n) is 9.55. The highest BCUT2D eigenvalue weighted by Gasteiger charge is 2.22. The van der Waals surface area contributed by atoms with Crippen LogP contribution in [0, 0.1) is 5.82 Å². The Labute approximate surface area is 170 Å². The zero-order valence-corrected chi connectivity index (χ0v) is 16.6. The Morgan fingerprint density at radius 1 is 1.13 bits per heavy atom. The van der Waals surface area contributed by atoms with Gasteiger partial charge in [-0.2, -0.15) is 4.98 Å². The molecular weight excluding hydrogens is 397 g/mol. The van der Waals surface area contributed by atoms with E-state index in [0.29, 0.717) is 13.0 Å². The van der Waals surface area contributed by atoms with Crippen molar-refractivity contribution >= 4 is 11.2 Å². The van der Waals surface area contributed by atoms with Gasteiger partial charge in [0.25, 0.3) is 11.6 Å². The van der Waals surface area contributed by atoms with Gasteiger partial charge in [-0.25, -0.2) is 15.1 Å². The zero-order chi connectivity index (χ0) is 21.7. The van der Waals surface area contributed by atoms with Crippen molar-refractivity contribution < 1.29 is 19.1 Å². The molecule has 0 aliphatic carbocycles. The molecule has 0 aliphatic heterocycles. The van der Waals surface area contributed by atoms with Gasteiger partial charge in [-0.1, -0.05) is 12.1 Å².